The molecule has 1 aromatic heterocycles. The minimum Gasteiger partial charge on any atom is -0.384 e. The molecule has 2 nitrogen and oxygen atoms in total. The number of hydrogen-bond acceptors (Lipinski definition) is 2. The van der Waals surface area contributed by atoms with Crippen LogP contribution in [0.4, 0.5) is 10.2 Å². The molecule has 0 saturated heterocycles. The number of nitrogens with two attached hydrogens (primary N) is 1. The van der Waals surface area contributed by atoms with Gasteiger partial charge in [0.1, 0.15) is 5.82 Å². The van der Waals surface area contributed by atoms with Crippen molar-refractivity contribution in [2.75, 3.05) is 5.73 Å². The highest BCUT2D eigenvalue weighted by Gasteiger charge is 1.86. The molecule has 0 amide bonds. The summed E-state index contributed by atoms with van der Waals surface area (Å²) in [7, 11) is 0. The van der Waals surface area contributed by atoms with Crippen molar-refractivity contribution in [1.29, 1.82) is 0 Å². The summed E-state index contributed by atoms with van der Waals surface area (Å²) in [6.07, 6.45) is 0. The quantitative estimate of drug-likeness (QED) is 0.505. The maximum absolute atomic E-state index is 12.1. The van der Waals surface area contributed by atoms with Gasteiger partial charge in [-0.15, -0.1) is 0 Å². The van der Waals surface area contributed by atoms with Crippen molar-refractivity contribution in [2.45, 2.75) is 0 Å². The second-order valence-electron chi connectivity index (χ2n) is 1.30. The second-order valence-corrected chi connectivity index (χ2v) is 1.30. The molecule has 8 heavy (non-hydrogen) atoms. The molecule has 3 heteroatoms. The predicted octanol–water partition coefficient (Wildman–Crippen LogP) is 0.803. The average Bonchev–Trinajstić information content (AvgIpc) is 1.80. The molecule has 1 aromatic rings. The molecule has 0 aromatic carbocycles. The van der Waals surface area contributed by atoms with E-state index in [0.29, 0.717) is 0 Å². The lowest BCUT2D eigenvalue weighted by Crippen LogP contribution is -1.90. The van der Waals surface area contributed by atoms with E-state index in [0.717, 1.165) is 6.07 Å². The van der Waals surface area contributed by atoms with Crippen LogP contribution in [0, 0.1) is 5.95 Å². The first kappa shape index (κ1) is 3.83. The molecule has 0 radical (unpaired) electrons. The van der Waals surface area contributed by atoms with Gasteiger partial charge in [-0.1, -0.05) is 6.07 Å². The Morgan fingerprint density at radius 3 is 3.12 bits per heavy atom. The van der Waals surface area contributed by atoms with Gasteiger partial charge in [0.2, 0.25) is 5.95 Å². The third kappa shape index (κ3) is 0.932. The highest BCUT2D eigenvalue weighted by atomic mass is 19.1. The summed E-state index contributed by atoms with van der Waals surface area (Å²) in [5.74, 6) is -0.724. The summed E-state index contributed by atoms with van der Waals surface area (Å²) in [4.78, 5) is 3.20. The fourth-order valence-corrected chi connectivity index (χ4v) is 0.380. The van der Waals surface area contributed by atoms with E-state index in [1.165, 1.54) is 6.07 Å². The number of aromatic nitrogens is 1. The first-order chi connectivity index (χ1) is 4.20. The first-order valence-electron chi connectivity index (χ1n) is 2.59. The van der Waals surface area contributed by atoms with Crippen molar-refractivity contribution in [3.63, 3.8) is 0 Å². The monoisotopic (exact) mass is 113 g/mol. The van der Waals surface area contributed by atoms with Gasteiger partial charge >= 0.3 is 0 Å². The predicted molar refractivity (Wildman–Crippen MR) is 28.6 cm³/mol. The van der Waals surface area contributed by atoms with Crippen molar-refractivity contribution in [3.8, 4) is 0 Å². The molecule has 2 N–H and O–H groups in total. The Bertz CT molecular complexity index is 226. The van der Waals surface area contributed by atoms with Crippen LogP contribution in [0.5, 0.6) is 0 Å². The average molecular weight is 113 g/mol. The van der Waals surface area contributed by atoms with E-state index in [9.17, 15) is 4.39 Å². The van der Waals surface area contributed by atoms with Crippen LogP contribution in [0.1, 0.15) is 1.37 Å². The molecular formula is C5H5FN2. The SMILES string of the molecule is [2H]c1ccc(F)nc1N. The van der Waals surface area contributed by atoms with E-state index >= 15 is 0 Å². The molecule has 0 aliphatic rings. The van der Waals surface area contributed by atoms with Gasteiger partial charge < -0.3 is 5.73 Å². The van der Waals surface area contributed by atoms with Gasteiger partial charge in [0.05, 0.1) is 1.37 Å². The fourth-order valence-electron chi connectivity index (χ4n) is 0.380. The van der Waals surface area contributed by atoms with E-state index in [-0.39, 0.29) is 11.9 Å². The fraction of sp³-hybridized carbons (Fsp3) is 0. The molecule has 1 rings (SSSR count). The maximum atomic E-state index is 12.1. The summed E-state index contributed by atoms with van der Waals surface area (Å²) in [6.45, 7) is 0. The summed E-state index contributed by atoms with van der Waals surface area (Å²) in [5, 5.41) is 0. The summed E-state index contributed by atoms with van der Waals surface area (Å²) in [6, 6.07) is 2.41. The van der Waals surface area contributed by atoms with Crippen LogP contribution in [0.25, 0.3) is 0 Å². The lowest BCUT2D eigenvalue weighted by Gasteiger charge is -1.87. The largest absolute Gasteiger partial charge is 0.384 e. The van der Waals surface area contributed by atoms with Gasteiger partial charge in [-0.05, 0) is 12.1 Å². The zero-order chi connectivity index (χ0) is 6.85. The Morgan fingerprint density at radius 1 is 1.88 bits per heavy atom. The van der Waals surface area contributed by atoms with Crippen LogP contribution < -0.4 is 5.73 Å². The summed E-state index contributed by atoms with van der Waals surface area (Å²) < 4.78 is 19.0. The van der Waals surface area contributed by atoms with E-state index < -0.39 is 5.95 Å². The third-order valence-electron chi connectivity index (χ3n) is 0.679. The Morgan fingerprint density at radius 2 is 2.62 bits per heavy atom. The third-order valence-corrected chi connectivity index (χ3v) is 0.679. The van der Waals surface area contributed by atoms with Gasteiger partial charge in [-0.25, -0.2) is 4.98 Å². The minimum absolute atomic E-state index is 0.0522. The zero-order valence-corrected chi connectivity index (χ0v) is 4.06. The summed E-state index contributed by atoms with van der Waals surface area (Å²) in [5.41, 5.74) is 5.08. The van der Waals surface area contributed by atoms with E-state index in [2.05, 4.69) is 4.98 Å². The number of pyridine rings is 1. The van der Waals surface area contributed by atoms with Gasteiger partial charge in [0, 0.05) is 0 Å². The lowest BCUT2D eigenvalue weighted by molar-refractivity contribution is 0.586. The van der Waals surface area contributed by atoms with Gasteiger partial charge in [-0.3, -0.25) is 0 Å². The van der Waals surface area contributed by atoms with Gasteiger partial charge in [0.25, 0.3) is 0 Å². The van der Waals surface area contributed by atoms with Crippen LogP contribution >= 0.6 is 0 Å². The molecule has 1 heterocycles. The topological polar surface area (TPSA) is 38.9 Å². The normalized spacial score (nSPS) is 10.9. The highest BCUT2D eigenvalue weighted by Crippen LogP contribution is 1.96. The number of hydrogen-bond donors (Lipinski definition) is 1. The standard InChI is InChI=1S/C5H5FN2/c6-4-2-1-3-5(7)8-4/h1-3H,(H2,7,8)/i3D. The molecule has 0 fully saturated rings. The van der Waals surface area contributed by atoms with Crippen LogP contribution in [0.2, 0.25) is 0 Å². The van der Waals surface area contributed by atoms with Gasteiger partial charge in [0.15, 0.2) is 0 Å². The van der Waals surface area contributed by atoms with Crippen LogP contribution in [-0.4, -0.2) is 4.98 Å². The number of halogens is 1. The van der Waals surface area contributed by atoms with Crippen molar-refractivity contribution < 1.29 is 5.76 Å². The smallest absolute Gasteiger partial charge is 0.214 e. The van der Waals surface area contributed by atoms with Crippen molar-refractivity contribution in [2.24, 2.45) is 0 Å². The first-order valence-corrected chi connectivity index (χ1v) is 2.09. The molecule has 0 saturated carbocycles. The molecule has 0 bridgehead atoms. The van der Waals surface area contributed by atoms with Crippen LogP contribution in [-0.2, 0) is 0 Å². The van der Waals surface area contributed by atoms with Gasteiger partial charge in [-0.2, -0.15) is 4.39 Å². The molecule has 42 valence electrons. The minimum atomic E-state index is -0.650. The summed E-state index contributed by atoms with van der Waals surface area (Å²) >= 11 is 0. The second kappa shape index (κ2) is 1.78. The molecule has 0 unspecified atom stereocenters. The maximum Gasteiger partial charge on any atom is 0.214 e. The van der Waals surface area contributed by atoms with E-state index in [1.54, 1.807) is 0 Å². The van der Waals surface area contributed by atoms with Crippen LogP contribution in [0.3, 0.4) is 0 Å². The molecular weight excluding hydrogens is 107 g/mol. The number of anilines is 1. The number of nitrogens with zero attached hydrogens (tertiary/aromatic N) is 1. The molecule has 0 atom stereocenters. The Kier molecular flexibility index (Phi) is 0.850. The van der Waals surface area contributed by atoms with E-state index in [4.69, 9.17) is 7.10 Å². The Labute approximate surface area is 47.6 Å². The lowest BCUT2D eigenvalue weighted by atomic mass is 10.5. The van der Waals surface area contributed by atoms with Crippen molar-refractivity contribution >= 4 is 5.82 Å². The zero-order valence-electron chi connectivity index (χ0n) is 5.06. The van der Waals surface area contributed by atoms with Crippen LogP contribution in [0.15, 0.2) is 18.2 Å². The molecule has 0 spiro atoms. The van der Waals surface area contributed by atoms with Crippen molar-refractivity contribution in [3.05, 3.63) is 24.1 Å². The molecule has 0 aliphatic heterocycles. The Hall–Kier alpha value is -1.12. The van der Waals surface area contributed by atoms with Crippen molar-refractivity contribution in [1.82, 2.24) is 4.98 Å². The highest BCUT2D eigenvalue weighted by molar-refractivity contribution is 5.25. The number of nitrogen functional groups attached to an aromatic ring is 1. The number of rotatable bonds is 0. The van der Waals surface area contributed by atoms with E-state index in [1.807, 2.05) is 0 Å². The molecule has 0 aliphatic carbocycles. The Balaban J connectivity index is 3.17.